The van der Waals surface area contributed by atoms with E-state index in [0.717, 1.165) is 16.5 Å². The predicted molar refractivity (Wildman–Crippen MR) is 97.2 cm³/mol. The molecule has 0 aliphatic rings. The van der Waals surface area contributed by atoms with E-state index in [1.165, 1.54) is 5.39 Å². The molecule has 0 aliphatic carbocycles. The van der Waals surface area contributed by atoms with Crippen molar-refractivity contribution in [1.29, 1.82) is 0 Å². The zero-order valence-corrected chi connectivity index (χ0v) is 14.0. The van der Waals surface area contributed by atoms with Crippen LogP contribution in [0.25, 0.3) is 10.8 Å². The SMILES string of the molecule is Cc1cccc(OCC(=O)NC(C)c2cccc3ccccc23)c1. The fourth-order valence-electron chi connectivity index (χ4n) is 2.84. The number of ether oxygens (including phenoxy) is 1. The summed E-state index contributed by atoms with van der Waals surface area (Å²) < 4.78 is 5.56. The van der Waals surface area contributed by atoms with Gasteiger partial charge in [0.2, 0.25) is 0 Å². The van der Waals surface area contributed by atoms with Crippen LogP contribution >= 0.6 is 0 Å². The van der Waals surface area contributed by atoms with E-state index in [-0.39, 0.29) is 18.6 Å². The number of rotatable bonds is 5. The van der Waals surface area contributed by atoms with Crippen molar-refractivity contribution >= 4 is 16.7 Å². The number of aryl methyl sites for hydroxylation is 1. The Hall–Kier alpha value is -2.81. The Balaban J connectivity index is 1.65. The standard InChI is InChI=1S/C21H21NO2/c1-15-7-5-10-18(13-15)24-14-21(23)22-16(2)19-12-6-9-17-8-3-4-11-20(17)19/h3-13,16H,14H2,1-2H3,(H,22,23). The van der Waals surface area contributed by atoms with Gasteiger partial charge in [-0.3, -0.25) is 4.79 Å². The van der Waals surface area contributed by atoms with Crippen LogP contribution in [0.15, 0.2) is 66.7 Å². The lowest BCUT2D eigenvalue weighted by Crippen LogP contribution is -2.31. The Labute approximate surface area is 142 Å². The van der Waals surface area contributed by atoms with E-state index < -0.39 is 0 Å². The second kappa shape index (κ2) is 7.18. The predicted octanol–water partition coefficient (Wildman–Crippen LogP) is 4.40. The second-order valence-electron chi connectivity index (χ2n) is 5.96. The van der Waals surface area contributed by atoms with E-state index in [2.05, 4.69) is 29.6 Å². The van der Waals surface area contributed by atoms with Gasteiger partial charge in [-0.2, -0.15) is 0 Å². The normalized spacial score (nSPS) is 11.9. The van der Waals surface area contributed by atoms with Gasteiger partial charge in [-0.25, -0.2) is 0 Å². The molecule has 24 heavy (non-hydrogen) atoms. The molecule has 0 saturated carbocycles. The summed E-state index contributed by atoms with van der Waals surface area (Å²) in [6.45, 7) is 4.00. The summed E-state index contributed by atoms with van der Waals surface area (Å²) in [4.78, 5) is 12.2. The zero-order valence-electron chi connectivity index (χ0n) is 14.0. The summed E-state index contributed by atoms with van der Waals surface area (Å²) in [5.41, 5.74) is 2.22. The van der Waals surface area contributed by atoms with E-state index in [1.807, 2.05) is 56.3 Å². The molecule has 0 aliphatic heterocycles. The molecule has 3 aromatic carbocycles. The summed E-state index contributed by atoms with van der Waals surface area (Å²) in [5.74, 6) is 0.583. The lowest BCUT2D eigenvalue weighted by molar-refractivity contribution is -0.123. The fourth-order valence-corrected chi connectivity index (χ4v) is 2.84. The van der Waals surface area contributed by atoms with Crippen LogP contribution < -0.4 is 10.1 Å². The van der Waals surface area contributed by atoms with Gasteiger partial charge < -0.3 is 10.1 Å². The van der Waals surface area contributed by atoms with E-state index in [4.69, 9.17) is 4.74 Å². The molecule has 1 atom stereocenters. The third-order valence-corrected chi connectivity index (χ3v) is 4.03. The maximum Gasteiger partial charge on any atom is 0.258 e. The third-order valence-electron chi connectivity index (χ3n) is 4.03. The van der Waals surface area contributed by atoms with Crippen LogP contribution in [-0.4, -0.2) is 12.5 Å². The number of carbonyl (C=O) groups is 1. The first-order valence-electron chi connectivity index (χ1n) is 8.10. The molecule has 3 aromatic rings. The molecule has 0 saturated heterocycles. The molecule has 1 unspecified atom stereocenters. The van der Waals surface area contributed by atoms with E-state index in [0.29, 0.717) is 5.75 Å². The Morgan fingerprint density at radius 1 is 1.04 bits per heavy atom. The smallest absolute Gasteiger partial charge is 0.258 e. The molecular weight excluding hydrogens is 298 g/mol. The van der Waals surface area contributed by atoms with E-state index in [1.54, 1.807) is 0 Å². The van der Waals surface area contributed by atoms with Gasteiger partial charge in [0.15, 0.2) is 6.61 Å². The monoisotopic (exact) mass is 319 g/mol. The van der Waals surface area contributed by atoms with E-state index in [9.17, 15) is 4.79 Å². The topological polar surface area (TPSA) is 38.3 Å². The highest BCUT2D eigenvalue weighted by molar-refractivity contribution is 5.87. The van der Waals surface area contributed by atoms with Gasteiger partial charge in [0.25, 0.3) is 5.91 Å². The lowest BCUT2D eigenvalue weighted by Gasteiger charge is -2.17. The average molecular weight is 319 g/mol. The number of amides is 1. The molecule has 0 fully saturated rings. The number of fused-ring (bicyclic) bond motifs is 1. The van der Waals surface area contributed by atoms with Crippen LogP contribution in [0.1, 0.15) is 24.1 Å². The zero-order chi connectivity index (χ0) is 16.9. The molecule has 3 nitrogen and oxygen atoms in total. The summed E-state index contributed by atoms with van der Waals surface area (Å²) in [7, 11) is 0. The van der Waals surface area contributed by atoms with Crippen molar-refractivity contribution in [2.75, 3.05) is 6.61 Å². The van der Waals surface area contributed by atoms with Crippen LogP contribution in [0.5, 0.6) is 5.75 Å². The highest BCUT2D eigenvalue weighted by Crippen LogP contribution is 2.24. The van der Waals surface area contributed by atoms with Crippen LogP contribution in [0.4, 0.5) is 0 Å². The molecular formula is C21H21NO2. The first-order valence-corrected chi connectivity index (χ1v) is 8.10. The van der Waals surface area contributed by atoms with Gasteiger partial charge in [0.1, 0.15) is 5.75 Å². The van der Waals surface area contributed by atoms with Gasteiger partial charge in [-0.1, -0.05) is 54.6 Å². The molecule has 1 N–H and O–H groups in total. The Morgan fingerprint density at radius 3 is 2.62 bits per heavy atom. The number of carbonyl (C=O) groups excluding carboxylic acids is 1. The fraction of sp³-hybridized carbons (Fsp3) is 0.190. The third kappa shape index (κ3) is 3.74. The van der Waals surface area contributed by atoms with Crippen molar-refractivity contribution in [3.05, 3.63) is 77.9 Å². The first-order chi connectivity index (χ1) is 11.6. The quantitative estimate of drug-likeness (QED) is 0.757. The van der Waals surface area contributed by atoms with Gasteiger partial charge >= 0.3 is 0 Å². The lowest BCUT2D eigenvalue weighted by atomic mass is 10.00. The minimum absolute atomic E-state index is 0.0125. The van der Waals surface area contributed by atoms with Crippen LogP contribution in [-0.2, 0) is 4.79 Å². The highest BCUT2D eigenvalue weighted by atomic mass is 16.5. The van der Waals surface area contributed by atoms with Crippen LogP contribution in [0, 0.1) is 6.92 Å². The summed E-state index contributed by atoms with van der Waals surface area (Å²) in [6, 6.07) is 21.9. The Bertz CT molecular complexity index is 852. The summed E-state index contributed by atoms with van der Waals surface area (Å²) in [5, 5.41) is 5.34. The maximum absolute atomic E-state index is 12.2. The van der Waals surface area contributed by atoms with Crippen molar-refractivity contribution < 1.29 is 9.53 Å². The van der Waals surface area contributed by atoms with Crippen molar-refractivity contribution in [3.8, 4) is 5.75 Å². The first kappa shape index (κ1) is 16.1. The minimum Gasteiger partial charge on any atom is -0.484 e. The van der Waals surface area contributed by atoms with Crippen molar-refractivity contribution in [3.63, 3.8) is 0 Å². The number of nitrogens with one attached hydrogen (secondary N) is 1. The molecule has 0 bridgehead atoms. The van der Waals surface area contributed by atoms with Gasteiger partial charge in [0.05, 0.1) is 6.04 Å². The molecule has 3 rings (SSSR count). The number of hydrogen-bond donors (Lipinski definition) is 1. The molecule has 3 heteroatoms. The maximum atomic E-state index is 12.2. The molecule has 0 spiro atoms. The molecule has 122 valence electrons. The van der Waals surface area contributed by atoms with Crippen molar-refractivity contribution in [2.45, 2.75) is 19.9 Å². The van der Waals surface area contributed by atoms with E-state index >= 15 is 0 Å². The van der Waals surface area contributed by atoms with Crippen molar-refractivity contribution in [1.82, 2.24) is 5.32 Å². The summed E-state index contributed by atoms with van der Waals surface area (Å²) >= 11 is 0. The van der Waals surface area contributed by atoms with Gasteiger partial charge in [0, 0.05) is 0 Å². The largest absolute Gasteiger partial charge is 0.484 e. The van der Waals surface area contributed by atoms with Crippen LogP contribution in [0.2, 0.25) is 0 Å². The Morgan fingerprint density at radius 2 is 1.79 bits per heavy atom. The molecule has 0 heterocycles. The van der Waals surface area contributed by atoms with Gasteiger partial charge in [-0.15, -0.1) is 0 Å². The molecule has 1 amide bonds. The average Bonchev–Trinajstić information content (AvgIpc) is 2.59. The van der Waals surface area contributed by atoms with Crippen molar-refractivity contribution in [2.24, 2.45) is 0 Å². The number of hydrogen-bond acceptors (Lipinski definition) is 2. The molecule has 0 radical (unpaired) electrons. The van der Waals surface area contributed by atoms with Crippen LogP contribution in [0.3, 0.4) is 0 Å². The van der Waals surface area contributed by atoms with Gasteiger partial charge in [-0.05, 0) is 47.9 Å². The second-order valence-corrected chi connectivity index (χ2v) is 5.96. The minimum atomic E-state index is -0.128. The Kier molecular flexibility index (Phi) is 4.80. The number of benzene rings is 3. The molecule has 0 aromatic heterocycles. The summed E-state index contributed by atoms with van der Waals surface area (Å²) in [6.07, 6.45) is 0. The highest BCUT2D eigenvalue weighted by Gasteiger charge is 2.12.